The van der Waals surface area contributed by atoms with Crippen molar-refractivity contribution in [1.29, 1.82) is 0 Å². The molecule has 0 atom stereocenters. The molecule has 5 nitrogen and oxygen atoms in total. The van der Waals surface area contributed by atoms with Crippen LogP contribution in [0.5, 0.6) is 11.5 Å². The number of methoxy groups -OCH3 is 2. The highest BCUT2D eigenvalue weighted by molar-refractivity contribution is 5.54. The predicted molar refractivity (Wildman–Crippen MR) is 84.2 cm³/mol. The molecule has 21 heavy (non-hydrogen) atoms. The Labute approximate surface area is 125 Å². The van der Waals surface area contributed by atoms with Crippen molar-refractivity contribution in [3.63, 3.8) is 0 Å². The van der Waals surface area contributed by atoms with Crippen LogP contribution in [0.1, 0.15) is 25.2 Å². The van der Waals surface area contributed by atoms with Gasteiger partial charge in [0.15, 0.2) is 11.5 Å². The second kappa shape index (κ2) is 7.02. The fourth-order valence-electron chi connectivity index (χ4n) is 2.24. The summed E-state index contributed by atoms with van der Waals surface area (Å²) in [5.74, 6) is 1.45. The Hall–Kier alpha value is -2.17. The van der Waals surface area contributed by atoms with E-state index in [1.165, 1.54) is 5.69 Å². The van der Waals surface area contributed by atoms with Crippen LogP contribution in [0.4, 0.5) is 5.69 Å². The summed E-state index contributed by atoms with van der Waals surface area (Å²) in [7, 11) is 3.28. The third-order valence-electron chi connectivity index (χ3n) is 3.43. The minimum atomic E-state index is 0.723. The Morgan fingerprint density at radius 1 is 1.10 bits per heavy atom. The standard InChI is InChI=1S/C16H23N3O2/c1-5-12-9-14(19(6-2)18-12)11-17-13-7-8-15(20-3)16(10-13)21-4/h7-10,17H,5-6,11H2,1-4H3. The van der Waals surface area contributed by atoms with Gasteiger partial charge in [-0.2, -0.15) is 5.10 Å². The van der Waals surface area contributed by atoms with Gasteiger partial charge in [0.25, 0.3) is 0 Å². The number of aryl methyl sites for hydroxylation is 2. The summed E-state index contributed by atoms with van der Waals surface area (Å²) < 4.78 is 12.6. The maximum atomic E-state index is 5.31. The lowest BCUT2D eigenvalue weighted by molar-refractivity contribution is 0.355. The number of ether oxygens (including phenoxy) is 2. The van der Waals surface area contributed by atoms with Crippen LogP contribution in [0.2, 0.25) is 0 Å². The lowest BCUT2D eigenvalue weighted by Gasteiger charge is -2.11. The predicted octanol–water partition coefficient (Wildman–Crippen LogP) is 3.09. The summed E-state index contributed by atoms with van der Waals surface area (Å²) in [5, 5.41) is 7.96. The Kier molecular flexibility index (Phi) is 5.09. The first-order valence-corrected chi connectivity index (χ1v) is 7.23. The molecule has 1 aromatic carbocycles. The van der Waals surface area contributed by atoms with Gasteiger partial charge < -0.3 is 14.8 Å². The van der Waals surface area contributed by atoms with Crippen LogP contribution in [-0.2, 0) is 19.5 Å². The average molecular weight is 289 g/mol. The normalized spacial score (nSPS) is 10.5. The van der Waals surface area contributed by atoms with E-state index in [1.807, 2.05) is 22.9 Å². The molecule has 2 aromatic rings. The molecule has 114 valence electrons. The zero-order valence-electron chi connectivity index (χ0n) is 13.1. The van der Waals surface area contributed by atoms with Gasteiger partial charge in [0.2, 0.25) is 0 Å². The molecule has 1 N–H and O–H groups in total. The zero-order valence-corrected chi connectivity index (χ0v) is 13.1. The van der Waals surface area contributed by atoms with Crippen LogP contribution >= 0.6 is 0 Å². The number of nitrogens with one attached hydrogen (secondary N) is 1. The van der Waals surface area contributed by atoms with Gasteiger partial charge in [0.1, 0.15) is 0 Å². The number of hydrogen-bond donors (Lipinski definition) is 1. The maximum absolute atomic E-state index is 5.31. The first-order chi connectivity index (χ1) is 10.2. The van der Waals surface area contributed by atoms with E-state index in [9.17, 15) is 0 Å². The summed E-state index contributed by atoms with van der Waals surface area (Å²) in [6, 6.07) is 7.97. The van der Waals surface area contributed by atoms with E-state index < -0.39 is 0 Å². The van der Waals surface area contributed by atoms with E-state index in [4.69, 9.17) is 9.47 Å². The summed E-state index contributed by atoms with van der Waals surface area (Å²) in [6.45, 7) is 5.83. The fourth-order valence-corrected chi connectivity index (χ4v) is 2.24. The van der Waals surface area contributed by atoms with Crippen molar-refractivity contribution in [3.05, 3.63) is 35.7 Å². The van der Waals surface area contributed by atoms with Gasteiger partial charge in [-0.3, -0.25) is 4.68 Å². The molecule has 5 heteroatoms. The Bertz CT molecular complexity index is 593. The lowest BCUT2D eigenvalue weighted by Crippen LogP contribution is -2.08. The van der Waals surface area contributed by atoms with Gasteiger partial charge >= 0.3 is 0 Å². The summed E-state index contributed by atoms with van der Waals surface area (Å²) in [4.78, 5) is 0. The van der Waals surface area contributed by atoms with Crippen molar-refractivity contribution in [2.24, 2.45) is 0 Å². The molecule has 0 bridgehead atoms. The smallest absolute Gasteiger partial charge is 0.162 e. The van der Waals surface area contributed by atoms with Gasteiger partial charge in [0, 0.05) is 18.3 Å². The maximum Gasteiger partial charge on any atom is 0.162 e. The Morgan fingerprint density at radius 3 is 2.48 bits per heavy atom. The van der Waals surface area contributed by atoms with Crippen LogP contribution in [-0.4, -0.2) is 24.0 Å². The summed E-state index contributed by atoms with van der Waals surface area (Å²) in [5.41, 5.74) is 3.31. The molecule has 1 aromatic heterocycles. The molecule has 0 spiro atoms. The van der Waals surface area contributed by atoms with E-state index in [0.717, 1.165) is 42.4 Å². The SMILES string of the molecule is CCc1cc(CNc2ccc(OC)c(OC)c2)n(CC)n1. The van der Waals surface area contributed by atoms with Gasteiger partial charge in [-0.1, -0.05) is 6.92 Å². The average Bonchev–Trinajstić information content (AvgIpc) is 2.95. The molecular weight excluding hydrogens is 266 g/mol. The molecule has 1 heterocycles. The first-order valence-electron chi connectivity index (χ1n) is 7.23. The molecule has 0 saturated heterocycles. The number of nitrogens with zero attached hydrogens (tertiary/aromatic N) is 2. The number of aromatic nitrogens is 2. The highest BCUT2D eigenvalue weighted by atomic mass is 16.5. The molecule has 0 unspecified atom stereocenters. The van der Waals surface area contributed by atoms with Crippen LogP contribution in [0, 0.1) is 0 Å². The summed E-state index contributed by atoms with van der Waals surface area (Å²) in [6.07, 6.45) is 0.955. The van der Waals surface area contributed by atoms with E-state index in [1.54, 1.807) is 14.2 Å². The molecule has 0 aliphatic rings. The van der Waals surface area contributed by atoms with Crippen LogP contribution in [0.15, 0.2) is 24.3 Å². The van der Waals surface area contributed by atoms with Crippen molar-refractivity contribution in [1.82, 2.24) is 9.78 Å². The zero-order chi connectivity index (χ0) is 15.2. The first kappa shape index (κ1) is 15.2. The molecule has 2 rings (SSSR count). The number of benzene rings is 1. The molecule has 0 aliphatic carbocycles. The second-order valence-electron chi connectivity index (χ2n) is 4.72. The highest BCUT2D eigenvalue weighted by Crippen LogP contribution is 2.29. The van der Waals surface area contributed by atoms with Crippen molar-refractivity contribution in [2.45, 2.75) is 33.4 Å². The monoisotopic (exact) mass is 289 g/mol. The topological polar surface area (TPSA) is 48.3 Å². The second-order valence-corrected chi connectivity index (χ2v) is 4.72. The van der Waals surface area contributed by atoms with Gasteiger partial charge in [0.05, 0.1) is 32.2 Å². The van der Waals surface area contributed by atoms with Gasteiger partial charge in [-0.15, -0.1) is 0 Å². The van der Waals surface area contributed by atoms with Gasteiger partial charge in [-0.05, 0) is 31.5 Å². The van der Waals surface area contributed by atoms with Crippen LogP contribution in [0.25, 0.3) is 0 Å². The summed E-state index contributed by atoms with van der Waals surface area (Å²) >= 11 is 0. The van der Waals surface area contributed by atoms with Crippen LogP contribution in [0.3, 0.4) is 0 Å². The van der Waals surface area contributed by atoms with E-state index in [0.29, 0.717) is 0 Å². The van der Waals surface area contributed by atoms with Crippen molar-refractivity contribution in [3.8, 4) is 11.5 Å². The Morgan fingerprint density at radius 2 is 1.86 bits per heavy atom. The van der Waals surface area contributed by atoms with Gasteiger partial charge in [-0.25, -0.2) is 0 Å². The largest absolute Gasteiger partial charge is 0.493 e. The number of anilines is 1. The van der Waals surface area contributed by atoms with Crippen molar-refractivity contribution < 1.29 is 9.47 Å². The highest BCUT2D eigenvalue weighted by Gasteiger charge is 2.07. The number of rotatable bonds is 7. The third kappa shape index (κ3) is 3.48. The fraction of sp³-hybridized carbons (Fsp3) is 0.438. The van der Waals surface area contributed by atoms with E-state index in [2.05, 4.69) is 30.3 Å². The quantitative estimate of drug-likeness (QED) is 0.851. The van der Waals surface area contributed by atoms with E-state index in [-0.39, 0.29) is 0 Å². The Balaban J connectivity index is 2.11. The molecule has 0 aliphatic heterocycles. The van der Waals surface area contributed by atoms with Crippen molar-refractivity contribution in [2.75, 3.05) is 19.5 Å². The van der Waals surface area contributed by atoms with Crippen molar-refractivity contribution >= 4 is 5.69 Å². The molecule has 0 fully saturated rings. The third-order valence-corrected chi connectivity index (χ3v) is 3.43. The minimum absolute atomic E-state index is 0.723. The molecule has 0 saturated carbocycles. The minimum Gasteiger partial charge on any atom is -0.493 e. The molecule has 0 radical (unpaired) electrons. The van der Waals surface area contributed by atoms with E-state index >= 15 is 0 Å². The van der Waals surface area contributed by atoms with Crippen LogP contribution < -0.4 is 14.8 Å². The molecular formula is C16H23N3O2. The lowest BCUT2D eigenvalue weighted by atomic mass is 10.2. The number of hydrogen-bond acceptors (Lipinski definition) is 4. The molecule has 0 amide bonds.